The van der Waals surface area contributed by atoms with Gasteiger partial charge in [-0.05, 0) is 74.1 Å². The van der Waals surface area contributed by atoms with Crippen molar-refractivity contribution in [3.8, 4) is 11.1 Å². The van der Waals surface area contributed by atoms with Gasteiger partial charge in [-0.2, -0.15) is 0 Å². The third kappa shape index (κ3) is 13.9. The van der Waals surface area contributed by atoms with E-state index >= 15 is 0 Å². The first kappa shape index (κ1) is 32.6. The van der Waals surface area contributed by atoms with Crippen LogP contribution in [0.3, 0.4) is 0 Å². The van der Waals surface area contributed by atoms with Crippen LogP contribution in [0.25, 0.3) is 11.1 Å². The van der Waals surface area contributed by atoms with E-state index in [-0.39, 0.29) is 0 Å². The van der Waals surface area contributed by atoms with Crippen LogP contribution in [-0.2, 0) is 13.1 Å². The molecule has 0 aliphatic rings. The first-order valence-corrected chi connectivity index (χ1v) is 16.3. The highest BCUT2D eigenvalue weighted by Gasteiger charge is 2.09. The van der Waals surface area contributed by atoms with Crippen LogP contribution in [-0.4, -0.2) is 36.0 Å². The topological polar surface area (TPSA) is 6.48 Å². The molecule has 0 unspecified atom stereocenters. The van der Waals surface area contributed by atoms with Crippen molar-refractivity contribution in [2.75, 3.05) is 26.2 Å². The summed E-state index contributed by atoms with van der Waals surface area (Å²) in [7, 11) is 0. The van der Waals surface area contributed by atoms with Crippen LogP contribution in [0.2, 0.25) is 0 Å². The van der Waals surface area contributed by atoms with E-state index in [1.807, 2.05) is 0 Å². The van der Waals surface area contributed by atoms with E-state index in [2.05, 4.69) is 86.0 Å². The fourth-order valence-electron chi connectivity index (χ4n) is 5.36. The third-order valence-electron chi connectivity index (χ3n) is 7.87. The van der Waals surface area contributed by atoms with Gasteiger partial charge in [-0.15, -0.1) is 0 Å². The average molecular weight is 521 g/mol. The molecule has 2 aromatic carbocycles. The fraction of sp³-hybridized carbons (Fsp3) is 0.667. The summed E-state index contributed by atoms with van der Waals surface area (Å²) in [6.07, 6.45) is 18.7. The molecule has 0 aliphatic carbocycles. The summed E-state index contributed by atoms with van der Waals surface area (Å²) in [5.41, 5.74) is 5.56. The van der Waals surface area contributed by atoms with Crippen molar-refractivity contribution in [2.24, 2.45) is 0 Å². The van der Waals surface area contributed by atoms with Gasteiger partial charge < -0.3 is 0 Å². The Labute approximate surface area is 237 Å². The fourth-order valence-corrected chi connectivity index (χ4v) is 5.36. The van der Waals surface area contributed by atoms with Gasteiger partial charge in [0.25, 0.3) is 0 Å². The molecule has 0 heterocycles. The largest absolute Gasteiger partial charge is 0.299 e. The Balaban J connectivity index is 1.93. The van der Waals surface area contributed by atoms with E-state index in [1.54, 1.807) is 0 Å². The highest BCUT2D eigenvalue weighted by molar-refractivity contribution is 5.63. The zero-order chi connectivity index (χ0) is 27.3. The SMILES string of the molecule is CCCCCCN(CCCCC)Cc1ccc(-c2ccc(CN(CCCCC)CCCCCC)cc2)cc1. The van der Waals surface area contributed by atoms with E-state index in [4.69, 9.17) is 0 Å². The van der Waals surface area contributed by atoms with E-state index in [0.717, 1.165) is 13.1 Å². The molecule has 0 aliphatic heterocycles. The molecule has 0 radical (unpaired) electrons. The van der Waals surface area contributed by atoms with Gasteiger partial charge >= 0.3 is 0 Å². The molecule has 38 heavy (non-hydrogen) atoms. The number of hydrogen-bond acceptors (Lipinski definition) is 2. The lowest BCUT2D eigenvalue weighted by atomic mass is 10.0. The van der Waals surface area contributed by atoms with Crippen molar-refractivity contribution in [2.45, 2.75) is 131 Å². The second-order valence-corrected chi connectivity index (χ2v) is 11.5. The van der Waals surface area contributed by atoms with E-state index in [1.165, 1.54) is 138 Å². The third-order valence-corrected chi connectivity index (χ3v) is 7.87. The van der Waals surface area contributed by atoms with Gasteiger partial charge in [0.1, 0.15) is 0 Å². The summed E-state index contributed by atoms with van der Waals surface area (Å²) in [5.74, 6) is 0. The van der Waals surface area contributed by atoms with Gasteiger partial charge in [0, 0.05) is 13.1 Å². The smallest absolute Gasteiger partial charge is 0.0233 e. The maximum atomic E-state index is 2.68. The molecule has 0 N–H and O–H groups in total. The maximum absolute atomic E-state index is 2.68. The molecule has 0 bridgehead atoms. The molecule has 0 amide bonds. The zero-order valence-corrected chi connectivity index (χ0v) is 25.7. The lowest BCUT2D eigenvalue weighted by Crippen LogP contribution is -2.25. The highest BCUT2D eigenvalue weighted by Crippen LogP contribution is 2.22. The van der Waals surface area contributed by atoms with E-state index in [9.17, 15) is 0 Å². The molecule has 2 rings (SSSR count). The predicted molar refractivity (Wildman–Crippen MR) is 170 cm³/mol. The Morgan fingerprint density at radius 2 is 0.658 bits per heavy atom. The lowest BCUT2D eigenvalue weighted by Gasteiger charge is -2.23. The standard InChI is InChI=1S/C36H60N2/c1-5-9-13-17-29-37(27-15-11-7-3)31-33-19-23-35(24-20-33)36-25-21-34(22-26-36)32-38(28-16-12-8-4)30-18-14-10-6-2/h19-26H,5-18,27-32H2,1-4H3. The van der Waals surface area contributed by atoms with Crippen molar-refractivity contribution in [1.29, 1.82) is 0 Å². The summed E-state index contributed by atoms with van der Waals surface area (Å²) in [6.45, 7) is 16.3. The van der Waals surface area contributed by atoms with Gasteiger partial charge in [-0.25, -0.2) is 0 Å². The van der Waals surface area contributed by atoms with Crippen molar-refractivity contribution in [1.82, 2.24) is 9.80 Å². The first-order valence-electron chi connectivity index (χ1n) is 16.3. The van der Waals surface area contributed by atoms with E-state index in [0.29, 0.717) is 0 Å². The van der Waals surface area contributed by atoms with Crippen molar-refractivity contribution in [3.05, 3.63) is 59.7 Å². The molecule has 0 spiro atoms. The highest BCUT2D eigenvalue weighted by atomic mass is 15.1. The number of rotatable bonds is 23. The molecule has 0 aromatic heterocycles. The van der Waals surface area contributed by atoms with Crippen LogP contribution in [0.1, 0.15) is 129 Å². The molecule has 0 fully saturated rings. The Morgan fingerprint density at radius 3 is 0.974 bits per heavy atom. The number of nitrogens with zero attached hydrogens (tertiary/aromatic N) is 2. The predicted octanol–water partition coefficient (Wildman–Crippen LogP) is 10.5. The molecule has 2 nitrogen and oxygen atoms in total. The van der Waals surface area contributed by atoms with Crippen LogP contribution in [0.4, 0.5) is 0 Å². The Morgan fingerprint density at radius 1 is 0.368 bits per heavy atom. The Kier molecular flexibility index (Phi) is 18.2. The van der Waals surface area contributed by atoms with Crippen LogP contribution in [0.15, 0.2) is 48.5 Å². The van der Waals surface area contributed by atoms with Crippen molar-refractivity contribution in [3.63, 3.8) is 0 Å². The van der Waals surface area contributed by atoms with E-state index < -0.39 is 0 Å². The molecular weight excluding hydrogens is 460 g/mol. The zero-order valence-electron chi connectivity index (χ0n) is 25.7. The normalized spacial score (nSPS) is 11.6. The molecular formula is C36H60N2. The molecule has 0 saturated carbocycles. The summed E-state index contributed by atoms with van der Waals surface area (Å²) in [6, 6.07) is 18.7. The van der Waals surface area contributed by atoms with Gasteiger partial charge in [0.15, 0.2) is 0 Å². The second-order valence-electron chi connectivity index (χ2n) is 11.5. The lowest BCUT2D eigenvalue weighted by molar-refractivity contribution is 0.253. The minimum atomic E-state index is 1.08. The molecule has 2 aromatic rings. The quantitative estimate of drug-likeness (QED) is 0.134. The van der Waals surface area contributed by atoms with Gasteiger partial charge in [0.05, 0.1) is 0 Å². The number of unbranched alkanes of at least 4 members (excludes halogenated alkanes) is 10. The second kappa shape index (κ2) is 21.2. The molecule has 0 atom stereocenters. The van der Waals surface area contributed by atoms with Crippen molar-refractivity contribution >= 4 is 0 Å². The molecule has 2 heteroatoms. The summed E-state index contributed by atoms with van der Waals surface area (Å²) in [5, 5.41) is 0. The summed E-state index contributed by atoms with van der Waals surface area (Å²) in [4.78, 5) is 5.37. The summed E-state index contributed by atoms with van der Waals surface area (Å²) < 4.78 is 0. The maximum Gasteiger partial charge on any atom is 0.0233 e. The van der Waals surface area contributed by atoms with Crippen molar-refractivity contribution < 1.29 is 0 Å². The summed E-state index contributed by atoms with van der Waals surface area (Å²) >= 11 is 0. The van der Waals surface area contributed by atoms with Gasteiger partial charge in [0.2, 0.25) is 0 Å². The average Bonchev–Trinajstić information content (AvgIpc) is 2.94. The van der Waals surface area contributed by atoms with Gasteiger partial charge in [-0.1, -0.05) is 140 Å². The minimum absolute atomic E-state index is 1.08. The number of benzene rings is 2. The Hall–Kier alpha value is -1.64. The Bertz CT molecular complexity index is 726. The van der Waals surface area contributed by atoms with Crippen LogP contribution in [0.5, 0.6) is 0 Å². The first-order chi connectivity index (χ1) is 18.7. The number of hydrogen-bond donors (Lipinski definition) is 0. The molecule has 0 saturated heterocycles. The monoisotopic (exact) mass is 520 g/mol. The van der Waals surface area contributed by atoms with Gasteiger partial charge in [-0.3, -0.25) is 9.80 Å². The minimum Gasteiger partial charge on any atom is -0.299 e. The molecule has 214 valence electrons. The van der Waals surface area contributed by atoms with Crippen LogP contribution >= 0.6 is 0 Å². The van der Waals surface area contributed by atoms with Crippen LogP contribution < -0.4 is 0 Å². The van der Waals surface area contributed by atoms with Crippen LogP contribution in [0, 0.1) is 0 Å².